The maximum absolute atomic E-state index is 5.45. The van der Waals surface area contributed by atoms with Crippen molar-refractivity contribution in [2.45, 2.75) is 44.4 Å². The fourth-order valence-electron chi connectivity index (χ4n) is 2.63. The molecule has 1 fully saturated rings. The van der Waals surface area contributed by atoms with E-state index < -0.39 is 0 Å². The molecule has 20 heavy (non-hydrogen) atoms. The van der Waals surface area contributed by atoms with Gasteiger partial charge in [-0.25, -0.2) is 0 Å². The van der Waals surface area contributed by atoms with Crippen LogP contribution in [0.25, 0.3) is 0 Å². The Morgan fingerprint density at radius 2 is 2.05 bits per heavy atom. The van der Waals surface area contributed by atoms with Crippen molar-refractivity contribution in [3.8, 4) is 0 Å². The molecule has 0 saturated carbocycles. The van der Waals surface area contributed by atoms with Crippen LogP contribution in [0, 0.1) is 6.92 Å². The Hall–Kier alpha value is -0.510. The summed E-state index contributed by atoms with van der Waals surface area (Å²) in [4.78, 5) is 0. The summed E-state index contributed by atoms with van der Waals surface area (Å²) in [5.41, 5.74) is 2.86. The van der Waals surface area contributed by atoms with Crippen LogP contribution in [-0.2, 0) is 4.74 Å². The van der Waals surface area contributed by atoms with E-state index in [1.54, 1.807) is 0 Å². The van der Waals surface area contributed by atoms with E-state index >= 15 is 0 Å². The number of ether oxygens (including phenoxy) is 1. The van der Waals surface area contributed by atoms with Gasteiger partial charge in [-0.1, -0.05) is 31.2 Å². The van der Waals surface area contributed by atoms with Crippen molar-refractivity contribution in [3.05, 3.63) is 35.4 Å². The van der Waals surface area contributed by atoms with E-state index in [-0.39, 0.29) is 0 Å². The minimum absolute atomic E-state index is 0.476. The number of hydrogen-bond acceptors (Lipinski definition) is 3. The first-order chi connectivity index (χ1) is 9.81. The molecule has 1 unspecified atom stereocenters. The van der Waals surface area contributed by atoms with Gasteiger partial charge < -0.3 is 10.1 Å². The Labute approximate surface area is 127 Å². The zero-order valence-electron chi connectivity index (χ0n) is 12.7. The van der Waals surface area contributed by atoms with Crippen LogP contribution in [0.1, 0.15) is 43.4 Å². The second-order valence-corrected chi connectivity index (χ2v) is 6.84. The van der Waals surface area contributed by atoms with Gasteiger partial charge >= 0.3 is 0 Å². The summed E-state index contributed by atoms with van der Waals surface area (Å²) in [5.74, 6) is 1.16. The highest BCUT2D eigenvalue weighted by Gasteiger charge is 2.18. The van der Waals surface area contributed by atoms with Crippen LogP contribution in [0.15, 0.2) is 24.3 Å². The van der Waals surface area contributed by atoms with Crippen molar-refractivity contribution in [2.24, 2.45) is 0 Å². The van der Waals surface area contributed by atoms with E-state index in [9.17, 15) is 0 Å². The van der Waals surface area contributed by atoms with Gasteiger partial charge in [0.25, 0.3) is 0 Å². The maximum Gasteiger partial charge on any atom is 0.0476 e. The molecule has 1 aliphatic heterocycles. The molecule has 0 bridgehead atoms. The van der Waals surface area contributed by atoms with Gasteiger partial charge in [0.2, 0.25) is 0 Å². The highest BCUT2D eigenvalue weighted by molar-refractivity contribution is 7.99. The van der Waals surface area contributed by atoms with E-state index in [0.717, 1.165) is 30.8 Å². The first kappa shape index (κ1) is 15.9. The Balaban J connectivity index is 1.94. The van der Waals surface area contributed by atoms with Crippen molar-refractivity contribution in [1.82, 2.24) is 5.32 Å². The fourth-order valence-corrected chi connectivity index (χ4v) is 3.92. The van der Waals surface area contributed by atoms with E-state index in [2.05, 4.69) is 55.2 Å². The van der Waals surface area contributed by atoms with Gasteiger partial charge in [-0.3, -0.25) is 0 Å². The van der Waals surface area contributed by atoms with Gasteiger partial charge in [0, 0.05) is 30.3 Å². The van der Waals surface area contributed by atoms with Gasteiger partial charge in [-0.05, 0) is 43.9 Å². The number of rotatable bonds is 7. The Morgan fingerprint density at radius 3 is 2.75 bits per heavy atom. The second-order valence-electron chi connectivity index (χ2n) is 5.51. The normalized spacial score (nSPS) is 18.1. The molecule has 0 aliphatic carbocycles. The molecule has 112 valence electrons. The molecule has 1 aromatic carbocycles. The van der Waals surface area contributed by atoms with Gasteiger partial charge in [-0.2, -0.15) is 11.8 Å². The molecular formula is C17H27NOS. The summed E-state index contributed by atoms with van der Waals surface area (Å²) in [5, 5.41) is 4.49. The molecule has 1 aliphatic rings. The standard InChI is InChI=1S/C17H27NOS/c1-3-10-18-17(16-7-5-4-6-14(16)2)13-20-15-8-11-19-12-9-15/h4-7,15,17-18H,3,8-13H2,1-2H3. The van der Waals surface area contributed by atoms with Crippen LogP contribution < -0.4 is 5.32 Å². The number of nitrogens with one attached hydrogen (secondary N) is 1. The summed E-state index contributed by atoms with van der Waals surface area (Å²) in [6, 6.07) is 9.25. The highest BCUT2D eigenvalue weighted by Crippen LogP contribution is 2.28. The smallest absolute Gasteiger partial charge is 0.0476 e. The molecular weight excluding hydrogens is 266 g/mol. The second kappa shape index (κ2) is 8.71. The summed E-state index contributed by atoms with van der Waals surface area (Å²) in [6.45, 7) is 7.42. The van der Waals surface area contributed by atoms with Crippen molar-refractivity contribution >= 4 is 11.8 Å². The van der Waals surface area contributed by atoms with Gasteiger partial charge in [-0.15, -0.1) is 0 Å². The third kappa shape index (κ3) is 4.80. The molecule has 1 saturated heterocycles. The van der Waals surface area contributed by atoms with Gasteiger partial charge in [0.1, 0.15) is 0 Å². The third-order valence-electron chi connectivity index (χ3n) is 3.87. The lowest BCUT2D eigenvalue weighted by Gasteiger charge is -2.26. The molecule has 3 heteroatoms. The molecule has 2 rings (SSSR count). The average Bonchev–Trinajstić information content (AvgIpc) is 2.49. The molecule has 0 radical (unpaired) electrons. The van der Waals surface area contributed by atoms with Crippen LogP contribution in [0.3, 0.4) is 0 Å². The molecule has 1 aromatic rings. The quantitative estimate of drug-likeness (QED) is 0.822. The predicted molar refractivity (Wildman–Crippen MR) is 88.5 cm³/mol. The summed E-state index contributed by atoms with van der Waals surface area (Å²) in [6.07, 6.45) is 3.60. The minimum atomic E-state index is 0.476. The Bertz CT molecular complexity index is 390. The monoisotopic (exact) mass is 293 g/mol. The van der Waals surface area contributed by atoms with Crippen molar-refractivity contribution in [3.63, 3.8) is 0 Å². The minimum Gasteiger partial charge on any atom is -0.381 e. The van der Waals surface area contributed by atoms with E-state index in [1.807, 2.05) is 0 Å². The lowest BCUT2D eigenvalue weighted by Crippen LogP contribution is -2.26. The van der Waals surface area contributed by atoms with E-state index in [1.165, 1.54) is 30.4 Å². The molecule has 1 heterocycles. The molecule has 0 aromatic heterocycles. The SMILES string of the molecule is CCCNC(CSC1CCOCC1)c1ccccc1C. The fraction of sp³-hybridized carbons (Fsp3) is 0.647. The van der Waals surface area contributed by atoms with Crippen molar-refractivity contribution < 1.29 is 4.74 Å². The zero-order valence-corrected chi connectivity index (χ0v) is 13.5. The Kier molecular flexibility index (Phi) is 6.91. The topological polar surface area (TPSA) is 21.3 Å². The van der Waals surface area contributed by atoms with Gasteiger partial charge in [0.15, 0.2) is 0 Å². The molecule has 1 N–H and O–H groups in total. The largest absolute Gasteiger partial charge is 0.381 e. The number of hydrogen-bond donors (Lipinski definition) is 1. The summed E-state index contributed by atoms with van der Waals surface area (Å²) >= 11 is 2.12. The molecule has 2 nitrogen and oxygen atoms in total. The lowest BCUT2D eigenvalue weighted by atomic mass is 10.0. The van der Waals surface area contributed by atoms with Crippen LogP contribution >= 0.6 is 11.8 Å². The molecule has 0 spiro atoms. The zero-order chi connectivity index (χ0) is 14.2. The van der Waals surface area contributed by atoms with E-state index in [0.29, 0.717) is 6.04 Å². The van der Waals surface area contributed by atoms with Crippen LogP contribution in [-0.4, -0.2) is 30.8 Å². The van der Waals surface area contributed by atoms with Crippen LogP contribution in [0.5, 0.6) is 0 Å². The first-order valence-electron chi connectivity index (χ1n) is 7.79. The van der Waals surface area contributed by atoms with E-state index in [4.69, 9.17) is 4.74 Å². The highest BCUT2D eigenvalue weighted by atomic mass is 32.2. The maximum atomic E-state index is 5.45. The number of benzene rings is 1. The van der Waals surface area contributed by atoms with Gasteiger partial charge in [0.05, 0.1) is 0 Å². The predicted octanol–water partition coefficient (Wildman–Crippen LogP) is 3.95. The molecule has 0 amide bonds. The van der Waals surface area contributed by atoms with Crippen molar-refractivity contribution in [2.75, 3.05) is 25.5 Å². The number of aryl methyl sites for hydroxylation is 1. The summed E-state index contributed by atoms with van der Waals surface area (Å²) < 4.78 is 5.45. The first-order valence-corrected chi connectivity index (χ1v) is 8.84. The third-order valence-corrected chi connectivity index (χ3v) is 5.34. The Morgan fingerprint density at radius 1 is 1.30 bits per heavy atom. The lowest BCUT2D eigenvalue weighted by molar-refractivity contribution is 0.1000. The molecule has 1 atom stereocenters. The van der Waals surface area contributed by atoms with Crippen LogP contribution in [0.2, 0.25) is 0 Å². The average molecular weight is 293 g/mol. The number of thioether (sulfide) groups is 1. The van der Waals surface area contributed by atoms with Crippen LogP contribution in [0.4, 0.5) is 0 Å². The van der Waals surface area contributed by atoms with Crippen molar-refractivity contribution in [1.29, 1.82) is 0 Å². The summed E-state index contributed by atoms with van der Waals surface area (Å²) in [7, 11) is 0.